The molecule has 0 saturated carbocycles. The summed E-state index contributed by atoms with van der Waals surface area (Å²) in [6.07, 6.45) is 2.86. The molecule has 0 aromatic carbocycles. The summed E-state index contributed by atoms with van der Waals surface area (Å²) in [6, 6.07) is -0.520. The molecule has 0 unspecified atom stereocenters. The summed E-state index contributed by atoms with van der Waals surface area (Å²) >= 11 is 0. The molecule has 0 aliphatic carbocycles. The molecule has 0 aromatic rings. The third kappa shape index (κ3) is 8.37. The molecule has 0 aliphatic rings. The van der Waals surface area contributed by atoms with E-state index in [1.165, 1.54) is 0 Å². The molecule has 5 nitrogen and oxygen atoms in total. The van der Waals surface area contributed by atoms with Gasteiger partial charge in [-0.3, -0.25) is 9.59 Å². The van der Waals surface area contributed by atoms with E-state index in [-0.39, 0.29) is 24.2 Å². The van der Waals surface area contributed by atoms with Crippen molar-refractivity contribution < 1.29 is 14.7 Å². The van der Waals surface area contributed by atoms with Gasteiger partial charge in [0.05, 0.1) is 12.5 Å². The summed E-state index contributed by atoms with van der Waals surface area (Å²) in [5.74, 6) is -0.0118. The van der Waals surface area contributed by atoms with Crippen molar-refractivity contribution in [1.29, 1.82) is 0 Å². The van der Waals surface area contributed by atoms with E-state index in [0.717, 1.165) is 12.8 Å². The summed E-state index contributed by atoms with van der Waals surface area (Å²) < 4.78 is 0. The van der Waals surface area contributed by atoms with Crippen LogP contribution in [-0.4, -0.2) is 29.6 Å². The second-order valence-corrected chi connectivity index (χ2v) is 6.96. The fraction of sp³-hybridized carbons (Fsp3) is 0.882. The molecule has 0 saturated heterocycles. The van der Waals surface area contributed by atoms with E-state index in [2.05, 4.69) is 26.1 Å². The Morgan fingerprint density at radius 2 is 1.77 bits per heavy atom. The lowest BCUT2D eigenvalue weighted by Crippen LogP contribution is -2.44. The second kappa shape index (κ2) is 10.6. The Balaban J connectivity index is 4.59. The Labute approximate surface area is 135 Å². The topological polar surface area (TPSA) is 92.4 Å². The van der Waals surface area contributed by atoms with Crippen molar-refractivity contribution in [2.75, 3.05) is 6.54 Å². The summed E-state index contributed by atoms with van der Waals surface area (Å²) in [4.78, 5) is 23.1. The van der Waals surface area contributed by atoms with Gasteiger partial charge in [0.2, 0.25) is 5.91 Å². The smallest absolute Gasteiger partial charge is 0.303 e. The average molecular weight is 314 g/mol. The molecule has 1 amide bonds. The number of rotatable bonds is 11. The molecule has 0 aromatic heterocycles. The lowest BCUT2D eigenvalue weighted by atomic mass is 9.80. The zero-order valence-electron chi connectivity index (χ0n) is 14.8. The molecule has 0 radical (unpaired) electrons. The molecular formula is C17H34N2O3. The van der Waals surface area contributed by atoms with Crippen LogP contribution in [0, 0.1) is 23.7 Å². The molecule has 0 heterocycles. The van der Waals surface area contributed by atoms with Crippen molar-refractivity contribution in [1.82, 2.24) is 5.32 Å². The fourth-order valence-electron chi connectivity index (χ4n) is 2.83. The molecule has 22 heavy (non-hydrogen) atoms. The van der Waals surface area contributed by atoms with Crippen molar-refractivity contribution in [3.8, 4) is 0 Å². The van der Waals surface area contributed by atoms with Crippen LogP contribution in [-0.2, 0) is 9.59 Å². The average Bonchev–Trinajstić information content (AvgIpc) is 2.41. The van der Waals surface area contributed by atoms with Gasteiger partial charge >= 0.3 is 5.97 Å². The highest BCUT2D eigenvalue weighted by molar-refractivity contribution is 5.81. The van der Waals surface area contributed by atoms with Gasteiger partial charge in [-0.05, 0) is 30.1 Å². The molecule has 0 fully saturated rings. The predicted molar refractivity (Wildman–Crippen MR) is 89.4 cm³/mol. The summed E-state index contributed by atoms with van der Waals surface area (Å²) in [7, 11) is 0. The first-order valence-electron chi connectivity index (χ1n) is 8.44. The highest BCUT2D eigenvalue weighted by Crippen LogP contribution is 2.26. The van der Waals surface area contributed by atoms with Gasteiger partial charge in [0.25, 0.3) is 0 Å². The molecule has 0 aliphatic heterocycles. The minimum Gasteiger partial charge on any atom is -0.481 e. The van der Waals surface area contributed by atoms with Crippen LogP contribution in [0.5, 0.6) is 0 Å². The largest absolute Gasteiger partial charge is 0.481 e. The molecule has 5 heteroatoms. The Hall–Kier alpha value is -1.10. The Bertz CT molecular complexity index is 345. The standard InChI is InChI=1S/C17H34N2O3/c1-6-7-12(4)13(5)14(9-16(20)21)10-19-17(22)15(18)8-11(2)3/h11-15H,6-10,18H2,1-5H3,(H,19,22)(H,20,21)/t12-,13-,14+,15+/m1/s1. The lowest BCUT2D eigenvalue weighted by Gasteiger charge is -2.28. The predicted octanol–water partition coefficient (Wildman–Crippen LogP) is 2.64. The highest BCUT2D eigenvalue weighted by atomic mass is 16.4. The van der Waals surface area contributed by atoms with Gasteiger partial charge < -0.3 is 16.2 Å². The minimum absolute atomic E-state index is 0.0609. The number of aliphatic carboxylic acids is 1. The normalized spacial score (nSPS) is 16.9. The first-order valence-corrected chi connectivity index (χ1v) is 8.44. The molecule has 0 bridgehead atoms. The van der Waals surface area contributed by atoms with Crippen LogP contribution < -0.4 is 11.1 Å². The van der Waals surface area contributed by atoms with Gasteiger partial charge in [-0.2, -0.15) is 0 Å². The fourth-order valence-corrected chi connectivity index (χ4v) is 2.83. The van der Waals surface area contributed by atoms with E-state index in [4.69, 9.17) is 10.8 Å². The minimum atomic E-state index is -0.818. The molecule has 4 atom stereocenters. The Kier molecular flexibility index (Phi) is 10.1. The van der Waals surface area contributed by atoms with E-state index in [1.807, 2.05) is 13.8 Å². The third-order valence-electron chi connectivity index (χ3n) is 4.42. The van der Waals surface area contributed by atoms with E-state index >= 15 is 0 Å². The van der Waals surface area contributed by atoms with Crippen LogP contribution in [0.25, 0.3) is 0 Å². The zero-order valence-corrected chi connectivity index (χ0v) is 14.8. The molecule has 130 valence electrons. The van der Waals surface area contributed by atoms with Gasteiger partial charge in [-0.15, -0.1) is 0 Å². The molecule has 0 rings (SSSR count). The van der Waals surface area contributed by atoms with Crippen LogP contribution in [0.2, 0.25) is 0 Å². The van der Waals surface area contributed by atoms with Crippen molar-refractivity contribution in [2.24, 2.45) is 29.4 Å². The Morgan fingerprint density at radius 1 is 1.18 bits per heavy atom. The van der Waals surface area contributed by atoms with E-state index < -0.39 is 12.0 Å². The van der Waals surface area contributed by atoms with Crippen LogP contribution in [0.4, 0.5) is 0 Å². The number of hydrogen-bond acceptors (Lipinski definition) is 3. The number of nitrogens with one attached hydrogen (secondary N) is 1. The summed E-state index contributed by atoms with van der Waals surface area (Å²) in [5, 5.41) is 11.9. The molecule has 4 N–H and O–H groups in total. The van der Waals surface area contributed by atoms with Crippen LogP contribution in [0.15, 0.2) is 0 Å². The SMILES string of the molecule is CCC[C@@H](C)[C@@H](C)[C@H](CNC(=O)[C@@H](N)CC(C)C)CC(=O)O. The first-order chi connectivity index (χ1) is 10.2. The number of carboxylic acid groups (broad SMARTS) is 1. The summed E-state index contributed by atoms with van der Waals surface area (Å²) in [6.45, 7) is 10.8. The lowest BCUT2D eigenvalue weighted by molar-refractivity contribution is -0.139. The van der Waals surface area contributed by atoms with Gasteiger partial charge in [0.1, 0.15) is 0 Å². The monoisotopic (exact) mass is 314 g/mol. The number of amides is 1. The highest BCUT2D eigenvalue weighted by Gasteiger charge is 2.26. The number of nitrogens with two attached hydrogens (primary N) is 1. The van der Waals surface area contributed by atoms with Gasteiger partial charge in [-0.25, -0.2) is 0 Å². The van der Waals surface area contributed by atoms with Crippen molar-refractivity contribution in [3.05, 3.63) is 0 Å². The maximum Gasteiger partial charge on any atom is 0.303 e. The van der Waals surface area contributed by atoms with Crippen molar-refractivity contribution >= 4 is 11.9 Å². The molecule has 0 spiro atoms. The van der Waals surface area contributed by atoms with Gasteiger partial charge in [-0.1, -0.05) is 47.5 Å². The van der Waals surface area contributed by atoms with E-state index in [1.54, 1.807) is 0 Å². The molecular weight excluding hydrogens is 280 g/mol. The number of carboxylic acids is 1. The van der Waals surface area contributed by atoms with Crippen LogP contribution in [0.3, 0.4) is 0 Å². The van der Waals surface area contributed by atoms with Crippen LogP contribution in [0.1, 0.15) is 60.3 Å². The second-order valence-electron chi connectivity index (χ2n) is 6.96. The van der Waals surface area contributed by atoms with Crippen molar-refractivity contribution in [3.63, 3.8) is 0 Å². The van der Waals surface area contributed by atoms with Gasteiger partial charge in [0, 0.05) is 6.54 Å². The maximum atomic E-state index is 12.0. The zero-order chi connectivity index (χ0) is 17.3. The number of carbonyl (C=O) groups excluding carboxylic acids is 1. The van der Waals surface area contributed by atoms with E-state index in [9.17, 15) is 9.59 Å². The quantitative estimate of drug-likeness (QED) is 0.546. The van der Waals surface area contributed by atoms with Crippen molar-refractivity contribution in [2.45, 2.75) is 66.3 Å². The van der Waals surface area contributed by atoms with Crippen LogP contribution >= 0.6 is 0 Å². The number of hydrogen-bond donors (Lipinski definition) is 3. The van der Waals surface area contributed by atoms with Gasteiger partial charge in [0.15, 0.2) is 0 Å². The number of carbonyl (C=O) groups is 2. The van der Waals surface area contributed by atoms with E-state index in [0.29, 0.717) is 24.8 Å². The maximum absolute atomic E-state index is 12.0. The summed E-state index contributed by atoms with van der Waals surface area (Å²) in [5.41, 5.74) is 5.86. The first kappa shape index (κ1) is 20.9. The third-order valence-corrected chi connectivity index (χ3v) is 4.42. The Morgan fingerprint density at radius 3 is 2.23 bits per heavy atom.